The predicted octanol–water partition coefficient (Wildman–Crippen LogP) is 10.9. The summed E-state index contributed by atoms with van der Waals surface area (Å²) in [6.45, 7) is 4.05. The summed E-state index contributed by atoms with van der Waals surface area (Å²) < 4.78 is 46.5. The number of alkyl halides is 3. The summed E-state index contributed by atoms with van der Waals surface area (Å²) in [6.07, 6.45) is -4.68. The molecule has 0 unspecified atom stereocenters. The average molecular weight is 631 g/mol. The first-order valence-electron chi connectivity index (χ1n) is 15.4. The Labute approximate surface area is 273 Å². The van der Waals surface area contributed by atoms with Gasteiger partial charge in [0.25, 0.3) is 0 Å². The minimum Gasteiger partial charge on any atom is -0.307 e. The van der Waals surface area contributed by atoms with Crippen molar-refractivity contribution in [3.63, 3.8) is 0 Å². The second-order valence-corrected chi connectivity index (χ2v) is 12.2. The molecule has 230 valence electrons. The first kappa shape index (κ1) is 29.1. The molecule has 0 radical (unpaired) electrons. The Morgan fingerprint density at radius 2 is 1.06 bits per heavy atom. The molecule has 0 amide bonds. The highest BCUT2D eigenvalue weighted by Gasteiger charge is 2.32. The minimum absolute atomic E-state index is 0.139. The van der Waals surface area contributed by atoms with Crippen LogP contribution in [0, 0.1) is 36.5 Å². The molecule has 4 nitrogen and oxygen atoms in total. The van der Waals surface area contributed by atoms with E-state index in [1.165, 1.54) is 6.07 Å². The maximum absolute atomic E-state index is 14.1. The summed E-state index contributed by atoms with van der Waals surface area (Å²) in [5.74, 6) is 0. The Balaban J connectivity index is 1.58. The van der Waals surface area contributed by atoms with Crippen molar-refractivity contribution >= 4 is 43.6 Å². The normalized spacial score (nSPS) is 11.8. The van der Waals surface area contributed by atoms with E-state index in [0.29, 0.717) is 16.9 Å². The molecule has 0 N–H and O–H groups in total. The highest BCUT2D eigenvalue weighted by atomic mass is 19.4. The van der Waals surface area contributed by atoms with Crippen molar-refractivity contribution < 1.29 is 13.2 Å². The monoisotopic (exact) mass is 630 g/mol. The van der Waals surface area contributed by atoms with Gasteiger partial charge in [0.1, 0.15) is 0 Å². The number of aryl methyl sites for hydroxylation is 2. The zero-order valence-corrected chi connectivity index (χ0v) is 25.9. The van der Waals surface area contributed by atoms with E-state index in [9.17, 15) is 23.7 Å². The van der Waals surface area contributed by atoms with Crippen LogP contribution in [-0.2, 0) is 6.18 Å². The number of aromatic nitrogens is 2. The summed E-state index contributed by atoms with van der Waals surface area (Å²) in [5, 5.41) is 24.4. The third kappa shape index (κ3) is 4.44. The van der Waals surface area contributed by atoms with E-state index in [1.807, 2.05) is 56.3 Å². The zero-order chi connectivity index (χ0) is 33.3. The van der Waals surface area contributed by atoms with Gasteiger partial charge in [-0.15, -0.1) is 0 Å². The Kier molecular flexibility index (Phi) is 6.44. The molecule has 0 aliphatic rings. The van der Waals surface area contributed by atoms with Crippen LogP contribution in [0.2, 0.25) is 0 Å². The molecular weight excluding hydrogens is 605 g/mol. The summed E-state index contributed by atoms with van der Waals surface area (Å²) in [7, 11) is 0. The van der Waals surface area contributed by atoms with Crippen LogP contribution < -0.4 is 0 Å². The summed E-state index contributed by atoms with van der Waals surface area (Å²) >= 11 is 0. The maximum Gasteiger partial charge on any atom is 0.416 e. The van der Waals surface area contributed by atoms with Crippen LogP contribution in [-0.4, -0.2) is 9.13 Å². The van der Waals surface area contributed by atoms with Gasteiger partial charge in [-0.25, -0.2) is 0 Å². The van der Waals surface area contributed by atoms with Gasteiger partial charge in [-0.3, -0.25) is 0 Å². The summed E-state index contributed by atoms with van der Waals surface area (Å²) in [4.78, 5) is 0. The molecule has 0 saturated carbocycles. The van der Waals surface area contributed by atoms with E-state index in [0.717, 1.165) is 66.9 Å². The molecule has 6 aromatic carbocycles. The molecule has 48 heavy (non-hydrogen) atoms. The predicted molar refractivity (Wildman–Crippen MR) is 184 cm³/mol. The summed E-state index contributed by atoms with van der Waals surface area (Å²) in [6, 6.07) is 39.6. The van der Waals surface area contributed by atoms with Gasteiger partial charge in [0.2, 0.25) is 0 Å². The zero-order valence-electron chi connectivity index (χ0n) is 25.9. The number of para-hydroxylation sites is 2. The van der Waals surface area contributed by atoms with E-state index < -0.39 is 11.7 Å². The number of hydrogen-bond acceptors (Lipinski definition) is 2. The smallest absolute Gasteiger partial charge is 0.307 e. The molecule has 0 spiro atoms. The van der Waals surface area contributed by atoms with Gasteiger partial charge in [0.15, 0.2) is 0 Å². The number of fused-ring (bicyclic) bond motifs is 6. The minimum atomic E-state index is -4.68. The Morgan fingerprint density at radius 1 is 0.542 bits per heavy atom. The third-order valence-corrected chi connectivity index (χ3v) is 9.08. The molecule has 0 fully saturated rings. The van der Waals surface area contributed by atoms with Crippen molar-refractivity contribution in [1.82, 2.24) is 9.13 Å². The van der Waals surface area contributed by atoms with Gasteiger partial charge in [-0.1, -0.05) is 60.7 Å². The fraction of sp³-hybridized carbons (Fsp3) is 0.0732. The van der Waals surface area contributed by atoms with Crippen molar-refractivity contribution in [2.45, 2.75) is 20.0 Å². The first-order valence-corrected chi connectivity index (χ1v) is 15.4. The van der Waals surface area contributed by atoms with Crippen LogP contribution in [0.4, 0.5) is 13.2 Å². The van der Waals surface area contributed by atoms with E-state index >= 15 is 0 Å². The van der Waals surface area contributed by atoms with Crippen molar-refractivity contribution in [3.8, 4) is 34.6 Å². The number of nitrogens with zero attached hydrogens (tertiary/aromatic N) is 4. The largest absolute Gasteiger partial charge is 0.416 e. The van der Waals surface area contributed by atoms with Crippen molar-refractivity contribution in [3.05, 3.63) is 143 Å². The van der Waals surface area contributed by atoms with Crippen molar-refractivity contribution in [2.24, 2.45) is 0 Å². The van der Waals surface area contributed by atoms with Crippen LogP contribution in [0.15, 0.2) is 115 Å². The molecule has 0 aliphatic heterocycles. The standard InChI is InChI=1S/C41H25F3N4/c1-24-11-13-32-30-7-3-5-9-35(30)47(37(32)15-24)39-20-28(23-46)34(27-17-26(22-45)18-29(19-27)41(42,43)44)21-40(39)48-36-10-6-4-8-31(36)33-14-12-25(2)16-38(33)48/h3-21H,1-2H3. The van der Waals surface area contributed by atoms with Gasteiger partial charge < -0.3 is 9.13 Å². The van der Waals surface area contributed by atoms with Crippen LogP contribution >= 0.6 is 0 Å². The molecule has 0 aliphatic carbocycles. The Hall–Kier alpha value is -6.31. The van der Waals surface area contributed by atoms with Crippen LogP contribution in [0.5, 0.6) is 0 Å². The maximum atomic E-state index is 14.1. The van der Waals surface area contributed by atoms with Crippen molar-refractivity contribution in [2.75, 3.05) is 0 Å². The average Bonchev–Trinajstić information content (AvgIpc) is 3.58. The van der Waals surface area contributed by atoms with Crippen LogP contribution in [0.3, 0.4) is 0 Å². The number of halogens is 3. The SMILES string of the molecule is Cc1ccc2c3ccccc3n(-c3cc(C#N)c(-c4cc(C#N)cc(C(F)(F)F)c4)cc3-n3c4ccccc4c4ccc(C)cc43)c2c1. The first-order chi connectivity index (χ1) is 23.2. The molecule has 0 atom stereocenters. The summed E-state index contributed by atoms with van der Waals surface area (Å²) in [5.41, 5.74) is 6.73. The second-order valence-electron chi connectivity index (χ2n) is 12.2. The van der Waals surface area contributed by atoms with E-state index in [1.54, 1.807) is 12.1 Å². The molecule has 2 heterocycles. The fourth-order valence-corrected chi connectivity index (χ4v) is 6.96. The molecule has 2 aromatic heterocycles. The van der Waals surface area contributed by atoms with Crippen LogP contribution in [0.1, 0.15) is 27.8 Å². The fourth-order valence-electron chi connectivity index (χ4n) is 6.96. The van der Waals surface area contributed by atoms with E-state index in [2.05, 4.69) is 63.7 Å². The third-order valence-electron chi connectivity index (χ3n) is 9.08. The van der Waals surface area contributed by atoms with Gasteiger partial charge >= 0.3 is 6.18 Å². The lowest BCUT2D eigenvalue weighted by atomic mass is 9.95. The number of rotatable bonds is 3. The lowest BCUT2D eigenvalue weighted by molar-refractivity contribution is -0.137. The quantitative estimate of drug-likeness (QED) is 0.195. The highest BCUT2D eigenvalue weighted by molar-refractivity contribution is 6.12. The Bertz CT molecular complexity index is 2710. The molecule has 0 saturated heterocycles. The topological polar surface area (TPSA) is 57.4 Å². The number of benzene rings is 6. The lowest BCUT2D eigenvalue weighted by Gasteiger charge is -2.20. The second kappa shape index (κ2) is 10.6. The number of hydrogen-bond donors (Lipinski definition) is 0. The van der Waals surface area contributed by atoms with Gasteiger partial charge in [-0.2, -0.15) is 23.7 Å². The van der Waals surface area contributed by atoms with Crippen LogP contribution in [0.25, 0.3) is 66.1 Å². The number of nitriles is 2. The van der Waals surface area contributed by atoms with Gasteiger partial charge in [-0.05, 0) is 85.1 Å². The Morgan fingerprint density at radius 3 is 1.58 bits per heavy atom. The van der Waals surface area contributed by atoms with E-state index in [-0.39, 0.29) is 16.7 Å². The molecule has 7 heteroatoms. The lowest BCUT2D eigenvalue weighted by Crippen LogP contribution is -2.07. The molecule has 8 rings (SSSR count). The molecule has 8 aromatic rings. The molecular formula is C41H25F3N4. The molecule has 0 bridgehead atoms. The van der Waals surface area contributed by atoms with Gasteiger partial charge in [0, 0.05) is 27.1 Å². The highest BCUT2D eigenvalue weighted by Crippen LogP contribution is 2.42. The van der Waals surface area contributed by atoms with E-state index in [4.69, 9.17) is 0 Å². The van der Waals surface area contributed by atoms with Crippen molar-refractivity contribution in [1.29, 1.82) is 10.5 Å². The van der Waals surface area contributed by atoms with Gasteiger partial charge in [0.05, 0.1) is 62.3 Å².